The molecule has 0 saturated carbocycles. The smallest absolute Gasteiger partial charge is 0.308 e. The summed E-state index contributed by atoms with van der Waals surface area (Å²) >= 11 is 0. The van der Waals surface area contributed by atoms with Crippen LogP contribution < -0.4 is 0 Å². The first-order valence-electron chi connectivity index (χ1n) is 5.39. The Labute approximate surface area is 92.5 Å². The SMILES string of the molecule is O=C(O)CCCCCC(=O)OC1OC2OC12. The second-order valence-corrected chi connectivity index (χ2v) is 3.92. The zero-order valence-electron chi connectivity index (χ0n) is 8.76. The van der Waals surface area contributed by atoms with Gasteiger partial charge < -0.3 is 19.3 Å². The van der Waals surface area contributed by atoms with Crippen molar-refractivity contribution in [1.29, 1.82) is 0 Å². The zero-order valence-corrected chi connectivity index (χ0v) is 8.76. The van der Waals surface area contributed by atoms with E-state index in [1.807, 2.05) is 0 Å². The molecule has 0 aliphatic carbocycles. The molecule has 0 radical (unpaired) electrons. The summed E-state index contributed by atoms with van der Waals surface area (Å²) in [6.07, 6.45) is 1.70. The predicted molar refractivity (Wildman–Crippen MR) is 50.3 cm³/mol. The van der Waals surface area contributed by atoms with Crippen LogP contribution in [0.15, 0.2) is 0 Å². The number of hydrogen-bond acceptors (Lipinski definition) is 5. The van der Waals surface area contributed by atoms with Crippen molar-refractivity contribution >= 4 is 11.9 Å². The summed E-state index contributed by atoms with van der Waals surface area (Å²) in [7, 11) is 0. The molecule has 0 aromatic rings. The summed E-state index contributed by atoms with van der Waals surface area (Å²) in [5, 5.41) is 8.39. The maximum atomic E-state index is 11.2. The highest BCUT2D eigenvalue weighted by Crippen LogP contribution is 2.40. The van der Waals surface area contributed by atoms with Gasteiger partial charge in [0.15, 0.2) is 12.4 Å². The molecule has 2 aliphatic heterocycles. The molecule has 3 unspecified atom stereocenters. The number of carboxylic acid groups (broad SMARTS) is 1. The van der Waals surface area contributed by atoms with E-state index in [-0.39, 0.29) is 24.8 Å². The summed E-state index contributed by atoms with van der Waals surface area (Å²) in [5.74, 6) is -1.11. The fraction of sp³-hybridized carbons (Fsp3) is 0.800. The fourth-order valence-electron chi connectivity index (χ4n) is 1.54. The molecule has 2 aliphatic rings. The summed E-state index contributed by atoms with van der Waals surface area (Å²) in [6, 6.07) is 0. The molecule has 0 bridgehead atoms. The average Bonchev–Trinajstić information content (AvgIpc) is 2.85. The molecule has 2 saturated heterocycles. The van der Waals surface area contributed by atoms with Crippen LogP contribution in [0.25, 0.3) is 0 Å². The predicted octanol–water partition coefficient (Wildman–Crippen LogP) is 0.646. The molecule has 0 aromatic heterocycles. The normalized spacial score (nSPS) is 30.1. The third-order valence-corrected chi connectivity index (χ3v) is 2.54. The van der Waals surface area contributed by atoms with Crippen LogP contribution in [-0.2, 0) is 23.8 Å². The molecule has 90 valence electrons. The molecular formula is C10H14O6. The molecular weight excluding hydrogens is 216 g/mol. The van der Waals surface area contributed by atoms with Crippen LogP contribution in [0.5, 0.6) is 0 Å². The van der Waals surface area contributed by atoms with Crippen molar-refractivity contribution in [2.45, 2.75) is 50.8 Å². The maximum Gasteiger partial charge on any atom is 0.308 e. The summed E-state index contributed by atoms with van der Waals surface area (Å²) < 4.78 is 14.9. The quantitative estimate of drug-likeness (QED) is 0.392. The van der Waals surface area contributed by atoms with E-state index < -0.39 is 12.3 Å². The molecule has 2 fully saturated rings. The van der Waals surface area contributed by atoms with E-state index in [1.54, 1.807) is 0 Å². The first-order valence-corrected chi connectivity index (χ1v) is 5.39. The third kappa shape index (κ3) is 2.93. The first-order chi connectivity index (χ1) is 7.66. The molecule has 0 spiro atoms. The molecule has 0 amide bonds. The van der Waals surface area contributed by atoms with E-state index >= 15 is 0 Å². The second-order valence-electron chi connectivity index (χ2n) is 3.92. The van der Waals surface area contributed by atoms with Crippen LogP contribution in [-0.4, -0.2) is 35.7 Å². The lowest BCUT2D eigenvalue weighted by molar-refractivity contribution is -0.208. The van der Waals surface area contributed by atoms with Crippen molar-refractivity contribution in [3.8, 4) is 0 Å². The first kappa shape index (κ1) is 11.3. The van der Waals surface area contributed by atoms with Crippen molar-refractivity contribution in [2.75, 3.05) is 0 Å². The molecule has 2 rings (SSSR count). The van der Waals surface area contributed by atoms with Crippen LogP contribution in [0.2, 0.25) is 0 Å². The van der Waals surface area contributed by atoms with Crippen molar-refractivity contribution in [3.63, 3.8) is 0 Å². The third-order valence-electron chi connectivity index (χ3n) is 2.54. The highest BCUT2D eigenvalue weighted by atomic mass is 16.9. The zero-order chi connectivity index (χ0) is 11.5. The number of aliphatic carboxylic acids is 1. The van der Waals surface area contributed by atoms with E-state index in [4.69, 9.17) is 19.3 Å². The monoisotopic (exact) mass is 230 g/mol. The lowest BCUT2D eigenvalue weighted by Gasteiger charge is -2.20. The van der Waals surface area contributed by atoms with E-state index in [0.717, 1.165) is 6.42 Å². The Kier molecular flexibility index (Phi) is 3.40. The van der Waals surface area contributed by atoms with Crippen LogP contribution >= 0.6 is 0 Å². The highest BCUT2D eigenvalue weighted by Gasteiger charge is 2.60. The average molecular weight is 230 g/mol. The Morgan fingerprint density at radius 1 is 1.12 bits per heavy atom. The van der Waals surface area contributed by atoms with Gasteiger partial charge in [-0.05, 0) is 12.8 Å². The van der Waals surface area contributed by atoms with Crippen LogP contribution in [0, 0.1) is 0 Å². The van der Waals surface area contributed by atoms with Crippen molar-refractivity contribution in [2.24, 2.45) is 0 Å². The van der Waals surface area contributed by atoms with Gasteiger partial charge in [-0.3, -0.25) is 9.59 Å². The number of hydrogen-bond donors (Lipinski definition) is 1. The van der Waals surface area contributed by atoms with Gasteiger partial charge in [0, 0.05) is 12.8 Å². The molecule has 6 heteroatoms. The van der Waals surface area contributed by atoms with Crippen LogP contribution in [0.3, 0.4) is 0 Å². The van der Waals surface area contributed by atoms with Gasteiger partial charge in [-0.25, -0.2) is 0 Å². The van der Waals surface area contributed by atoms with E-state index in [9.17, 15) is 9.59 Å². The topological polar surface area (TPSA) is 85.4 Å². The van der Waals surface area contributed by atoms with Crippen molar-refractivity contribution in [1.82, 2.24) is 0 Å². The maximum absolute atomic E-state index is 11.2. The Hall–Kier alpha value is -1.14. The number of epoxide rings is 1. The lowest BCUT2D eigenvalue weighted by Crippen LogP contribution is -2.37. The Morgan fingerprint density at radius 2 is 1.88 bits per heavy atom. The number of carboxylic acids is 1. The van der Waals surface area contributed by atoms with Gasteiger partial charge in [0.05, 0.1) is 0 Å². The van der Waals surface area contributed by atoms with Crippen LogP contribution in [0.4, 0.5) is 0 Å². The minimum absolute atomic E-state index is 0.0454. The number of esters is 1. The van der Waals surface area contributed by atoms with Gasteiger partial charge >= 0.3 is 11.9 Å². The van der Waals surface area contributed by atoms with Gasteiger partial charge in [-0.2, -0.15) is 0 Å². The van der Waals surface area contributed by atoms with Crippen molar-refractivity contribution < 1.29 is 28.9 Å². The lowest BCUT2D eigenvalue weighted by atomic mass is 10.1. The number of carbonyl (C=O) groups is 2. The summed E-state index contributed by atoms with van der Waals surface area (Å²) in [4.78, 5) is 21.4. The summed E-state index contributed by atoms with van der Waals surface area (Å²) in [6.45, 7) is 0. The number of rotatable bonds is 7. The Bertz CT molecular complexity index is 289. The largest absolute Gasteiger partial charge is 0.481 e. The van der Waals surface area contributed by atoms with Crippen LogP contribution in [0.1, 0.15) is 32.1 Å². The van der Waals surface area contributed by atoms with Gasteiger partial charge in [0.2, 0.25) is 6.29 Å². The number of ether oxygens (including phenoxy) is 3. The molecule has 16 heavy (non-hydrogen) atoms. The summed E-state index contributed by atoms with van der Waals surface area (Å²) in [5.41, 5.74) is 0. The Morgan fingerprint density at radius 3 is 2.44 bits per heavy atom. The van der Waals surface area contributed by atoms with E-state index in [1.165, 1.54) is 0 Å². The molecule has 1 N–H and O–H groups in total. The molecule has 3 atom stereocenters. The van der Waals surface area contributed by atoms with Gasteiger partial charge in [-0.1, -0.05) is 6.42 Å². The van der Waals surface area contributed by atoms with Gasteiger partial charge in [0.25, 0.3) is 0 Å². The van der Waals surface area contributed by atoms with Gasteiger partial charge in [0.1, 0.15) is 0 Å². The minimum Gasteiger partial charge on any atom is -0.481 e. The van der Waals surface area contributed by atoms with E-state index in [2.05, 4.69) is 0 Å². The number of fused-ring (bicyclic) bond motifs is 1. The van der Waals surface area contributed by atoms with E-state index in [0.29, 0.717) is 19.3 Å². The van der Waals surface area contributed by atoms with Gasteiger partial charge in [-0.15, -0.1) is 0 Å². The fourth-order valence-corrected chi connectivity index (χ4v) is 1.54. The number of carbonyl (C=O) groups excluding carboxylic acids is 1. The number of unbranched alkanes of at least 4 members (excludes halogenated alkanes) is 2. The highest BCUT2D eigenvalue weighted by molar-refractivity contribution is 5.69. The molecule has 6 nitrogen and oxygen atoms in total. The van der Waals surface area contributed by atoms with Crippen molar-refractivity contribution in [3.05, 3.63) is 0 Å². The molecule has 0 aromatic carbocycles. The molecule has 2 heterocycles. The second kappa shape index (κ2) is 4.80. The standard InChI is InChI=1S/C10H14O6/c11-6(12)4-2-1-3-5-7(13)14-9-8-10(15-8)16-9/h8-10H,1-5H2,(H,11,12). The Balaban J connectivity index is 1.46. The minimum atomic E-state index is -0.803.